The zero-order valence-corrected chi connectivity index (χ0v) is 16.3. The van der Waals surface area contributed by atoms with Gasteiger partial charge in [0.25, 0.3) is 5.91 Å². The maximum absolute atomic E-state index is 13.1. The van der Waals surface area contributed by atoms with Crippen molar-refractivity contribution in [1.82, 2.24) is 10.3 Å². The third-order valence-corrected chi connectivity index (χ3v) is 5.92. The number of nitrogens with one attached hydrogen (secondary N) is 1. The molecule has 0 aliphatic carbocycles. The Balaban J connectivity index is 1.33. The smallest absolute Gasteiger partial charge is 0.251 e. The van der Waals surface area contributed by atoms with Crippen LogP contribution in [0.5, 0.6) is 0 Å². The first-order chi connectivity index (χ1) is 13.7. The first-order valence-electron chi connectivity index (χ1n) is 9.48. The maximum atomic E-state index is 13.1. The molecular formula is C22H22FN3OS. The molecule has 4 rings (SSSR count). The van der Waals surface area contributed by atoms with Crippen LogP contribution in [-0.2, 0) is 0 Å². The van der Waals surface area contributed by atoms with Gasteiger partial charge in [-0.05, 0) is 54.2 Å². The first-order valence-corrected chi connectivity index (χ1v) is 10.4. The third-order valence-electron chi connectivity index (χ3n) is 5.08. The maximum Gasteiger partial charge on any atom is 0.251 e. The van der Waals surface area contributed by atoms with Gasteiger partial charge in [0, 0.05) is 36.8 Å². The summed E-state index contributed by atoms with van der Waals surface area (Å²) in [6.45, 7) is 2.63. The summed E-state index contributed by atoms with van der Waals surface area (Å²) in [5.41, 5.74) is 2.53. The van der Waals surface area contributed by atoms with Crippen LogP contribution in [0.25, 0.3) is 11.1 Å². The highest BCUT2D eigenvalue weighted by Gasteiger charge is 2.22. The fraction of sp³-hybridized carbons (Fsp3) is 0.273. The molecule has 144 valence electrons. The lowest BCUT2D eigenvalue weighted by atomic mass is 9.98. The number of carbonyl (C=O) groups excluding carboxylic acids is 1. The number of thiazole rings is 1. The number of aromatic nitrogens is 1. The molecule has 0 saturated carbocycles. The van der Waals surface area contributed by atoms with Crippen LogP contribution in [0.15, 0.2) is 60.1 Å². The van der Waals surface area contributed by atoms with Crippen LogP contribution in [0, 0.1) is 11.7 Å². The Morgan fingerprint density at radius 3 is 2.54 bits per heavy atom. The van der Waals surface area contributed by atoms with Gasteiger partial charge < -0.3 is 10.2 Å². The lowest BCUT2D eigenvalue weighted by Gasteiger charge is -2.32. The highest BCUT2D eigenvalue weighted by atomic mass is 32.1. The molecule has 0 radical (unpaired) electrons. The summed E-state index contributed by atoms with van der Waals surface area (Å²) in [4.78, 5) is 19.2. The van der Waals surface area contributed by atoms with Gasteiger partial charge >= 0.3 is 0 Å². The van der Waals surface area contributed by atoms with E-state index in [2.05, 4.69) is 15.2 Å². The van der Waals surface area contributed by atoms with E-state index in [0.29, 0.717) is 18.0 Å². The van der Waals surface area contributed by atoms with Crippen molar-refractivity contribution < 1.29 is 9.18 Å². The Kier molecular flexibility index (Phi) is 5.67. The minimum atomic E-state index is -0.254. The lowest BCUT2D eigenvalue weighted by molar-refractivity contribution is 0.0945. The summed E-state index contributed by atoms with van der Waals surface area (Å²) >= 11 is 1.66. The quantitative estimate of drug-likeness (QED) is 0.687. The minimum absolute atomic E-state index is 0.0583. The molecule has 1 unspecified atom stereocenters. The van der Waals surface area contributed by atoms with Gasteiger partial charge in [0.05, 0.1) is 0 Å². The van der Waals surface area contributed by atoms with Crippen LogP contribution in [-0.4, -0.2) is 30.5 Å². The Labute approximate surface area is 168 Å². The van der Waals surface area contributed by atoms with Crippen molar-refractivity contribution in [1.29, 1.82) is 0 Å². The van der Waals surface area contributed by atoms with Gasteiger partial charge in [-0.15, -0.1) is 11.3 Å². The van der Waals surface area contributed by atoms with Crippen LogP contribution in [0.4, 0.5) is 9.52 Å². The summed E-state index contributed by atoms with van der Waals surface area (Å²) in [7, 11) is 0. The number of halogens is 1. The molecule has 1 aliphatic heterocycles. The van der Waals surface area contributed by atoms with E-state index >= 15 is 0 Å². The van der Waals surface area contributed by atoms with Crippen molar-refractivity contribution in [2.45, 2.75) is 12.8 Å². The van der Waals surface area contributed by atoms with E-state index in [1.54, 1.807) is 23.5 Å². The monoisotopic (exact) mass is 395 g/mol. The van der Waals surface area contributed by atoms with Crippen LogP contribution in [0.2, 0.25) is 0 Å². The Morgan fingerprint density at radius 2 is 1.86 bits per heavy atom. The number of piperidine rings is 1. The van der Waals surface area contributed by atoms with Crippen molar-refractivity contribution in [3.05, 3.63) is 71.5 Å². The van der Waals surface area contributed by atoms with Crippen molar-refractivity contribution in [3.63, 3.8) is 0 Å². The molecule has 3 aromatic rings. The number of carbonyl (C=O) groups is 1. The predicted molar refractivity (Wildman–Crippen MR) is 111 cm³/mol. The molecule has 2 heterocycles. The van der Waals surface area contributed by atoms with E-state index < -0.39 is 0 Å². The van der Waals surface area contributed by atoms with Crippen LogP contribution in [0.1, 0.15) is 23.2 Å². The first kappa shape index (κ1) is 18.6. The third kappa shape index (κ3) is 4.39. The van der Waals surface area contributed by atoms with E-state index in [1.807, 2.05) is 35.8 Å². The van der Waals surface area contributed by atoms with Crippen LogP contribution in [0.3, 0.4) is 0 Å². The molecule has 1 aliphatic rings. The van der Waals surface area contributed by atoms with E-state index in [9.17, 15) is 9.18 Å². The van der Waals surface area contributed by atoms with E-state index in [1.165, 1.54) is 12.1 Å². The average molecular weight is 396 g/mol. The molecule has 1 amide bonds. The van der Waals surface area contributed by atoms with Crippen molar-refractivity contribution in [2.24, 2.45) is 5.92 Å². The average Bonchev–Trinajstić information content (AvgIpc) is 3.28. The number of amides is 1. The normalized spacial score (nSPS) is 16.8. The number of benzene rings is 2. The molecular weight excluding hydrogens is 373 g/mol. The molecule has 2 aromatic carbocycles. The van der Waals surface area contributed by atoms with Crippen LogP contribution >= 0.6 is 11.3 Å². The van der Waals surface area contributed by atoms with Gasteiger partial charge in [-0.2, -0.15) is 0 Å². The molecule has 1 fully saturated rings. The Bertz CT molecular complexity index is 910. The Morgan fingerprint density at radius 1 is 1.14 bits per heavy atom. The van der Waals surface area contributed by atoms with Gasteiger partial charge in [-0.25, -0.2) is 9.37 Å². The van der Waals surface area contributed by atoms with E-state index in [0.717, 1.165) is 42.2 Å². The highest BCUT2D eigenvalue weighted by Crippen LogP contribution is 2.24. The van der Waals surface area contributed by atoms with Crippen molar-refractivity contribution in [3.8, 4) is 11.1 Å². The van der Waals surface area contributed by atoms with Gasteiger partial charge in [0.1, 0.15) is 5.82 Å². The number of hydrogen-bond acceptors (Lipinski definition) is 4. The van der Waals surface area contributed by atoms with Crippen molar-refractivity contribution in [2.75, 3.05) is 24.5 Å². The number of hydrogen-bond donors (Lipinski definition) is 1. The van der Waals surface area contributed by atoms with Gasteiger partial charge in [0.2, 0.25) is 0 Å². The largest absolute Gasteiger partial charge is 0.352 e. The van der Waals surface area contributed by atoms with Crippen molar-refractivity contribution >= 4 is 22.4 Å². The molecule has 4 nitrogen and oxygen atoms in total. The molecule has 1 aromatic heterocycles. The zero-order valence-electron chi connectivity index (χ0n) is 15.5. The van der Waals surface area contributed by atoms with Gasteiger partial charge in [-0.1, -0.05) is 24.3 Å². The number of anilines is 1. The molecule has 6 heteroatoms. The predicted octanol–water partition coefficient (Wildman–Crippen LogP) is 4.60. The highest BCUT2D eigenvalue weighted by molar-refractivity contribution is 7.13. The molecule has 1 N–H and O–H groups in total. The topological polar surface area (TPSA) is 45.2 Å². The van der Waals surface area contributed by atoms with E-state index in [-0.39, 0.29) is 11.7 Å². The fourth-order valence-corrected chi connectivity index (χ4v) is 4.25. The molecule has 0 spiro atoms. The molecule has 1 atom stereocenters. The summed E-state index contributed by atoms with van der Waals surface area (Å²) in [5.74, 6) is 0.119. The molecule has 1 saturated heterocycles. The SMILES string of the molecule is O=C(NCC1CCCN(c2nccs2)C1)c1ccc(-c2ccc(F)cc2)cc1. The zero-order chi connectivity index (χ0) is 19.3. The fourth-order valence-electron chi connectivity index (χ4n) is 3.57. The minimum Gasteiger partial charge on any atom is -0.352 e. The molecule has 28 heavy (non-hydrogen) atoms. The number of rotatable bonds is 5. The summed E-state index contributed by atoms with van der Waals surface area (Å²) in [5, 5.41) is 6.13. The molecule has 0 bridgehead atoms. The van der Waals surface area contributed by atoms with Crippen LogP contribution < -0.4 is 10.2 Å². The van der Waals surface area contributed by atoms with Gasteiger partial charge in [0.15, 0.2) is 5.13 Å². The Hall–Kier alpha value is -2.73. The van der Waals surface area contributed by atoms with E-state index in [4.69, 9.17) is 0 Å². The number of nitrogens with zero attached hydrogens (tertiary/aromatic N) is 2. The summed E-state index contributed by atoms with van der Waals surface area (Å²) < 4.78 is 13.1. The lowest BCUT2D eigenvalue weighted by Crippen LogP contribution is -2.41. The summed E-state index contributed by atoms with van der Waals surface area (Å²) in [6, 6.07) is 13.8. The summed E-state index contributed by atoms with van der Waals surface area (Å²) in [6.07, 6.45) is 4.07. The second kappa shape index (κ2) is 8.52. The van der Waals surface area contributed by atoms with Gasteiger partial charge in [-0.3, -0.25) is 4.79 Å². The second-order valence-electron chi connectivity index (χ2n) is 7.06. The standard InChI is InChI=1S/C22H22FN3OS/c23-20-9-7-18(8-10-20)17-3-5-19(6-4-17)21(27)25-14-16-2-1-12-26(15-16)22-24-11-13-28-22/h3-11,13,16H,1-2,12,14-15H2,(H,25,27). The second-order valence-corrected chi connectivity index (χ2v) is 7.94.